The molecule has 1 atom stereocenters. The molecule has 2 rings (SSSR count). The molecule has 1 unspecified atom stereocenters. The third kappa shape index (κ3) is 3.32. The van der Waals surface area contributed by atoms with E-state index in [0.29, 0.717) is 5.69 Å². The zero-order valence-electron chi connectivity index (χ0n) is 11.3. The van der Waals surface area contributed by atoms with Gasteiger partial charge in [0.1, 0.15) is 5.82 Å². The number of rotatable bonds is 4. The Bertz CT molecular complexity index is 644. The number of aryl methyl sites for hydroxylation is 1. The average Bonchev–Trinajstić information content (AvgIpc) is 2.37. The maximum Gasteiger partial charge on any atom is 0.271 e. The van der Waals surface area contributed by atoms with Gasteiger partial charge in [-0.15, -0.1) is 0 Å². The van der Waals surface area contributed by atoms with Crippen LogP contribution in [0.5, 0.6) is 0 Å². The Balaban J connectivity index is 2.23. The normalized spacial score (nSPS) is 11.9. The molecule has 0 amide bonds. The molecule has 2 aromatic carbocycles. The van der Waals surface area contributed by atoms with E-state index in [1.807, 2.05) is 19.1 Å². The first kappa shape index (κ1) is 14.0. The van der Waals surface area contributed by atoms with Gasteiger partial charge in [0.15, 0.2) is 0 Å². The van der Waals surface area contributed by atoms with Crippen molar-refractivity contribution in [1.82, 2.24) is 0 Å². The molecule has 0 aliphatic heterocycles. The maximum absolute atomic E-state index is 13.2. The molecular weight excluding hydrogens is 259 g/mol. The average molecular weight is 274 g/mol. The lowest BCUT2D eigenvalue weighted by molar-refractivity contribution is -0.384. The zero-order valence-corrected chi connectivity index (χ0v) is 11.3. The van der Waals surface area contributed by atoms with Gasteiger partial charge in [-0.2, -0.15) is 0 Å². The minimum atomic E-state index is -0.426. The SMILES string of the molecule is Cc1cc(NC(C)c2cccc(F)c2)cc([N+](=O)[O-])c1. The lowest BCUT2D eigenvalue weighted by Gasteiger charge is -2.16. The highest BCUT2D eigenvalue weighted by molar-refractivity contribution is 5.54. The quantitative estimate of drug-likeness (QED) is 0.671. The summed E-state index contributed by atoms with van der Waals surface area (Å²) < 4.78 is 13.2. The van der Waals surface area contributed by atoms with Crippen LogP contribution in [0.15, 0.2) is 42.5 Å². The molecule has 0 aliphatic rings. The van der Waals surface area contributed by atoms with Crippen molar-refractivity contribution in [1.29, 1.82) is 0 Å². The van der Waals surface area contributed by atoms with E-state index in [4.69, 9.17) is 0 Å². The van der Waals surface area contributed by atoms with Gasteiger partial charge in [0.25, 0.3) is 5.69 Å². The van der Waals surface area contributed by atoms with E-state index in [9.17, 15) is 14.5 Å². The Labute approximate surface area is 116 Å². The number of nitrogens with zero attached hydrogens (tertiary/aromatic N) is 1. The second-order valence-electron chi connectivity index (χ2n) is 4.74. The Kier molecular flexibility index (Phi) is 3.98. The fourth-order valence-corrected chi connectivity index (χ4v) is 2.06. The van der Waals surface area contributed by atoms with Crippen molar-refractivity contribution < 1.29 is 9.31 Å². The Morgan fingerprint density at radius 1 is 1.25 bits per heavy atom. The Morgan fingerprint density at radius 2 is 2.00 bits per heavy atom. The maximum atomic E-state index is 13.2. The second kappa shape index (κ2) is 5.69. The van der Waals surface area contributed by atoms with Crippen LogP contribution in [0.25, 0.3) is 0 Å². The first-order chi connectivity index (χ1) is 9.45. The number of nitro benzene ring substituents is 1. The lowest BCUT2D eigenvalue weighted by atomic mass is 10.1. The predicted molar refractivity (Wildman–Crippen MR) is 76.3 cm³/mol. The number of non-ortho nitro benzene ring substituents is 1. The predicted octanol–water partition coefficient (Wildman–Crippen LogP) is 4.22. The van der Waals surface area contributed by atoms with Crippen molar-refractivity contribution >= 4 is 11.4 Å². The summed E-state index contributed by atoms with van der Waals surface area (Å²) >= 11 is 0. The standard InChI is InChI=1S/C15H15FN2O2/c1-10-6-14(9-15(7-10)18(19)20)17-11(2)12-4-3-5-13(16)8-12/h3-9,11,17H,1-2H3. The lowest BCUT2D eigenvalue weighted by Crippen LogP contribution is -2.07. The van der Waals surface area contributed by atoms with Crippen LogP contribution in [0.2, 0.25) is 0 Å². The third-order valence-corrected chi connectivity index (χ3v) is 3.00. The summed E-state index contributed by atoms with van der Waals surface area (Å²) in [5.41, 5.74) is 2.27. The molecule has 0 aliphatic carbocycles. The minimum absolute atomic E-state index is 0.0407. The first-order valence-corrected chi connectivity index (χ1v) is 6.24. The molecule has 104 valence electrons. The molecule has 0 saturated carbocycles. The van der Waals surface area contributed by atoms with Crippen LogP contribution in [-0.2, 0) is 0 Å². The zero-order chi connectivity index (χ0) is 14.7. The Morgan fingerprint density at radius 3 is 2.65 bits per heavy atom. The van der Waals surface area contributed by atoms with Crippen LogP contribution < -0.4 is 5.32 Å². The van der Waals surface area contributed by atoms with Gasteiger partial charge in [-0.25, -0.2) is 4.39 Å². The molecule has 0 saturated heterocycles. The molecular formula is C15H15FN2O2. The van der Waals surface area contributed by atoms with Gasteiger partial charge in [-0.05, 0) is 43.2 Å². The van der Waals surface area contributed by atoms with E-state index in [0.717, 1.165) is 11.1 Å². The van der Waals surface area contributed by atoms with Gasteiger partial charge < -0.3 is 5.32 Å². The summed E-state index contributed by atoms with van der Waals surface area (Å²) in [4.78, 5) is 10.4. The number of halogens is 1. The number of hydrogen-bond acceptors (Lipinski definition) is 3. The molecule has 0 fully saturated rings. The second-order valence-corrected chi connectivity index (χ2v) is 4.74. The van der Waals surface area contributed by atoms with Gasteiger partial charge >= 0.3 is 0 Å². The van der Waals surface area contributed by atoms with Gasteiger partial charge in [-0.1, -0.05) is 12.1 Å². The number of benzene rings is 2. The van der Waals surface area contributed by atoms with Gasteiger partial charge in [0.2, 0.25) is 0 Å². The highest BCUT2D eigenvalue weighted by atomic mass is 19.1. The molecule has 20 heavy (non-hydrogen) atoms. The van der Waals surface area contributed by atoms with E-state index in [2.05, 4.69) is 5.32 Å². The van der Waals surface area contributed by atoms with Crippen LogP contribution in [0.4, 0.5) is 15.8 Å². The summed E-state index contributed by atoms with van der Waals surface area (Å²) in [6, 6.07) is 10.9. The van der Waals surface area contributed by atoms with Crippen molar-refractivity contribution in [2.24, 2.45) is 0 Å². The fraction of sp³-hybridized carbons (Fsp3) is 0.200. The van der Waals surface area contributed by atoms with Crippen molar-refractivity contribution in [3.63, 3.8) is 0 Å². The van der Waals surface area contributed by atoms with Crippen LogP contribution in [0.3, 0.4) is 0 Å². The fourth-order valence-electron chi connectivity index (χ4n) is 2.06. The molecule has 5 heteroatoms. The Hall–Kier alpha value is -2.43. The third-order valence-electron chi connectivity index (χ3n) is 3.00. The molecule has 0 radical (unpaired) electrons. The number of anilines is 1. The van der Waals surface area contributed by atoms with E-state index >= 15 is 0 Å². The first-order valence-electron chi connectivity index (χ1n) is 6.24. The molecule has 0 heterocycles. The summed E-state index contributed by atoms with van der Waals surface area (Å²) in [5, 5.41) is 14.0. The van der Waals surface area contributed by atoms with Crippen LogP contribution in [0.1, 0.15) is 24.1 Å². The molecule has 4 nitrogen and oxygen atoms in total. The van der Waals surface area contributed by atoms with Crippen LogP contribution >= 0.6 is 0 Å². The minimum Gasteiger partial charge on any atom is -0.378 e. The largest absolute Gasteiger partial charge is 0.378 e. The van der Waals surface area contributed by atoms with E-state index in [1.54, 1.807) is 13.0 Å². The number of nitro groups is 1. The van der Waals surface area contributed by atoms with Crippen molar-refractivity contribution in [2.75, 3.05) is 5.32 Å². The molecule has 1 N–H and O–H groups in total. The number of hydrogen-bond donors (Lipinski definition) is 1. The molecule has 0 bridgehead atoms. The smallest absolute Gasteiger partial charge is 0.271 e. The van der Waals surface area contributed by atoms with Crippen molar-refractivity contribution in [2.45, 2.75) is 19.9 Å². The monoisotopic (exact) mass is 274 g/mol. The van der Waals surface area contributed by atoms with Crippen molar-refractivity contribution in [3.05, 3.63) is 69.5 Å². The van der Waals surface area contributed by atoms with Crippen LogP contribution in [-0.4, -0.2) is 4.92 Å². The molecule has 0 aromatic heterocycles. The summed E-state index contributed by atoms with van der Waals surface area (Å²) in [6.45, 7) is 3.67. The van der Waals surface area contributed by atoms with E-state index in [-0.39, 0.29) is 17.5 Å². The van der Waals surface area contributed by atoms with Gasteiger partial charge in [0.05, 0.1) is 4.92 Å². The highest BCUT2D eigenvalue weighted by Gasteiger charge is 2.11. The summed E-state index contributed by atoms with van der Waals surface area (Å²) in [7, 11) is 0. The van der Waals surface area contributed by atoms with Crippen LogP contribution in [0, 0.1) is 22.9 Å². The van der Waals surface area contributed by atoms with Gasteiger partial charge in [-0.3, -0.25) is 10.1 Å². The summed E-state index contributed by atoms with van der Waals surface area (Å²) in [6.07, 6.45) is 0. The highest BCUT2D eigenvalue weighted by Crippen LogP contribution is 2.24. The van der Waals surface area contributed by atoms with Gasteiger partial charge in [0, 0.05) is 23.9 Å². The van der Waals surface area contributed by atoms with Crippen molar-refractivity contribution in [3.8, 4) is 0 Å². The summed E-state index contributed by atoms with van der Waals surface area (Å²) in [5.74, 6) is -0.300. The van der Waals surface area contributed by atoms with E-state index < -0.39 is 4.92 Å². The molecule has 0 spiro atoms. The number of nitrogens with one attached hydrogen (secondary N) is 1. The topological polar surface area (TPSA) is 55.2 Å². The van der Waals surface area contributed by atoms with E-state index in [1.165, 1.54) is 24.3 Å². The molecule has 2 aromatic rings.